The molecule has 0 saturated carbocycles. The van der Waals surface area contributed by atoms with Crippen molar-refractivity contribution in [1.29, 1.82) is 0 Å². The van der Waals surface area contributed by atoms with Gasteiger partial charge in [0.15, 0.2) is 0 Å². The summed E-state index contributed by atoms with van der Waals surface area (Å²) in [7, 11) is 0. The van der Waals surface area contributed by atoms with E-state index in [4.69, 9.17) is 9.84 Å². The Bertz CT molecular complexity index is 548. The Morgan fingerprint density at radius 1 is 1.41 bits per heavy atom. The van der Waals surface area contributed by atoms with E-state index in [0.29, 0.717) is 18.8 Å². The van der Waals surface area contributed by atoms with E-state index in [1.54, 1.807) is 17.2 Å². The summed E-state index contributed by atoms with van der Waals surface area (Å²) in [5.74, 6) is -1.11. The first-order chi connectivity index (χ1) is 10.3. The van der Waals surface area contributed by atoms with E-state index < -0.39 is 12.1 Å². The third kappa shape index (κ3) is 4.04. The molecule has 6 nitrogen and oxygen atoms in total. The van der Waals surface area contributed by atoms with Crippen molar-refractivity contribution in [2.45, 2.75) is 38.7 Å². The number of hydrogen-bond acceptors (Lipinski definition) is 4. The molecule has 0 aliphatic carbocycles. The summed E-state index contributed by atoms with van der Waals surface area (Å²) >= 11 is 0. The third-order valence-corrected chi connectivity index (χ3v) is 3.68. The highest BCUT2D eigenvalue weighted by Gasteiger charge is 2.27. The van der Waals surface area contributed by atoms with Crippen molar-refractivity contribution in [3.05, 3.63) is 29.6 Å². The van der Waals surface area contributed by atoms with Crippen LogP contribution in [0.2, 0.25) is 0 Å². The molecule has 0 radical (unpaired) electrons. The molecule has 0 aromatic carbocycles. The first-order valence-corrected chi connectivity index (χ1v) is 7.36. The average Bonchev–Trinajstić information content (AvgIpc) is 2.45. The summed E-state index contributed by atoms with van der Waals surface area (Å²) in [6, 6.07) is 3.64. The summed E-state index contributed by atoms with van der Waals surface area (Å²) in [5.41, 5.74) is 1.43. The van der Waals surface area contributed by atoms with Crippen LogP contribution >= 0.6 is 0 Å². The standard InChI is InChI=1S/C16H22N2O4/c1-16(2,3)11-4-5-13(17-9-11)15(21)18-6-7-22-12(10-18)8-14(19)20/h4-5,9,12H,6-8,10H2,1-3H3,(H,19,20). The van der Waals surface area contributed by atoms with Gasteiger partial charge in [-0.1, -0.05) is 26.8 Å². The molecule has 6 heteroatoms. The van der Waals surface area contributed by atoms with Crippen molar-refractivity contribution in [2.24, 2.45) is 0 Å². The first-order valence-electron chi connectivity index (χ1n) is 7.36. The molecule has 1 aliphatic rings. The molecule has 22 heavy (non-hydrogen) atoms. The molecule has 1 atom stereocenters. The fourth-order valence-corrected chi connectivity index (χ4v) is 2.35. The molecule has 120 valence electrons. The highest BCUT2D eigenvalue weighted by Crippen LogP contribution is 2.21. The summed E-state index contributed by atoms with van der Waals surface area (Å²) in [4.78, 5) is 29.1. The Labute approximate surface area is 130 Å². The Kier molecular flexibility index (Phi) is 4.81. The number of hydrogen-bond donors (Lipinski definition) is 1. The molecule has 1 aromatic heterocycles. The van der Waals surface area contributed by atoms with Crippen LogP contribution in [0.3, 0.4) is 0 Å². The van der Waals surface area contributed by atoms with Gasteiger partial charge in [-0.2, -0.15) is 0 Å². The number of nitrogens with zero attached hydrogens (tertiary/aromatic N) is 2. The second kappa shape index (κ2) is 6.44. The summed E-state index contributed by atoms with van der Waals surface area (Å²) < 4.78 is 5.37. The molecule has 1 amide bonds. The van der Waals surface area contributed by atoms with E-state index in [2.05, 4.69) is 25.8 Å². The number of rotatable bonds is 3. The fourth-order valence-electron chi connectivity index (χ4n) is 2.35. The number of pyridine rings is 1. The maximum absolute atomic E-state index is 12.5. The third-order valence-electron chi connectivity index (χ3n) is 3.68. The van der Waals surface area contributed by atoms with Crippen LogP contribution in [0.5, 0.6) is 0 Å². The number of aromatic nitrogens is 1. The van der Waals surface area contributed by atoms with E-state index in [-0.39, 0.29) is 24.3 Å². The fraction of sp³-hybridized carbons (Fsp3) is 0.562. The Morgan fingerprint density at radius 3 is 2.68 bits per heavy atom. The molecule has 1 unspecified atom stereocenters. The molecule has 1 N–H and O–H groups in total. The maximum atomic E-state index is 12.5. The Hall–Kier alpha value is -1.95. The normalized spacial score (nSPS) is 19.0. The number of ether oxygens (including phenoxy) is 1. The minimum absolute atomic E-state index is 0.0138. The zero-order valence-electron chi connectivity index (χ0n) is 13.2. The van der Waals surface area contributed by atoms with E-state index in [1.807, 2.05) is 6.07 Å². The van der Waals surface area contributed by atoms with E-state index >= 15 is 0 Å². The van der Waals surface area contributed by atoms with Crippen LogP contribution in [0, 0.1) is 0 Å². The molecule has 2 heterocycles. The van der Waals surface area contributed by atoms with Gasteiger partial charge in [0.2, 0.25) is 0 Å². The smallest absolute Gasteiger partial charge is 0.306 e. The van der Waals surface area contributed by atoms with Crippen molar-refractivity contribution in [3.8, 4) is 0 Å². The van der Waals surface area contributed by atoms with Crippen LogP contribution in [0.4, 0.5) is 0 Å². The molecular formula is C16H22N2O4. The SMILES string of the molecule is CC(C)(C)c1ccc(C(=O)N2CCOC(CC(=O)O)C2)nc1. The lowest BCUT2D eigenvalue weighted by Gasteiger charge is -2.32. The number of carbonyl (C=O) groups is 2. The first kappa shape index (κ1) is 16.4. The van der Waals surface area contributed by atoms with Crippen molar-refractivity contribution in [3.63, 3.8) is 0 Å². The quantitative estimate of drug-likeness (QED) is 0.919. The molecule has 1 aromatic rings. The summed E-state index contributed by atoms with van der Waals surface area (Å²) in [6.07, 6.45) is 1.17. The average molecular weight is 306 g/mol. The van der Waals surface area contributed by atoms with Crippen molar-refractivity contribution >= 4 is 11.9 Å². The number of aliphatic carboxylic acids is 1. The van der Waals surface area contributed by atoms with E-state index in [0.717, 1.165) is 5.56 Å². The summed E-state index contributed by atoms with van der Waals surface area (Å²) in [6.45, 7) is 7.35. The lowest BCUT2D eigenvalue weighted by molar-refractivity contribution is -0.141. The van der Waals surface area contributed by atoms with Crippen LogP contribution in [-0.4, -0.2) is 52.7 Å². The van der Waals surface area contributed by atoms with Crippen LogP contribution in [0.25, 0.3) is 0 Å². The zero-order chi connectivity index (χ0) is 16.3. The van der Waals surface area contributed by atoms with Gasteiger partial charge in [-0.05, 0) is 17.0 Å². The lowest BCUT2D eigenvalue weighted by atomic mass is 9.88. The highest BCUT2D eigenvalue weighted by atomic mass is 16.5. The number of carbonyl (C=O) groups excluding carboxylic acids is 1. The number of morpholine rings is 1. The monoisotopic (exact) mass is 306 g/mol. The molecule has 0 bridgehead atoms. The molecule has 0 spiro atoms. The van der Waals surface area contributed by atoms with Gasteiger partial charge in [0.25, 0.3) is 5.91 Å². The topological polar surface area (TPSA) is 79.7 Å². The summed E-state index contributed by atoms with van der Waals surface area (Å²) in [5, 5.41) is 8.82. The van der Waals surface area contributed by atoms with Crippen LogP contribution in [-0.2, 0) is 14.9 Å². The van der Waals surface area contributed by atoms with Crippen molar-refractivity contribution in [1.82, 2.24) is 9.88 Å². The van der Waals surface area contributed by atoms with Gasteiger partial charge in [-0.25, -0.2) is 0 Å². The largest absolute Gasteiger partial charge is 0.481 e. The van der Waals surface area contributed by atoms with Gasteiger partial charge in [-0.3, -0.25) is 14.6 Å². The van der Waals surface area contributed by atoms with E-state index in [1.165, 1.54) is 0 Å². The van der Waals surface area contributed by atoms with Gasteiger partial charge in [-0.15, -0.1) is 0 Å². The van der Waals surface area contributed by atoms with Crippen molar-refractivity contribution in [2.75, 3.05) is 19.7 Å². The van der Waals surface area contributed by atoms with Crippen LogP contribution < -0.4 is 0 Å². The van der Waals surface area contributed by atoms with E-state index in [9.17, 15) is 9.59 Å². The second-order valence-electron chi connectivity index (χ2n) is 6.52. The van der Waals surface area contributed by atoms with Crippen molar-refractivity contribution < 1.29 is 19.4 Å². The highest BCUT2D eigenvalue weighted by molar-refractivity contribution is 5.92. The molecule has 1 aliphatic heterocycles. The van der Waals surface area contributed by atoms with Crippen LogP contribution in [0.1, 0.15) is 43.2 Å². The van der Waals surface area contributed by atoms with Gasteiger partial charge in [0.05, 0.1) is 19.1 Å². The number of amides is 1. The predicted molar refractivity (Wildman–Crippen MR) is 80.8 cm³/mol. The molecule has 1 saturated heterocycles. The second-order valence-corrected chi connectivity index (χ2v) is 6.52. The zero-order valence-corrected chi connectivity index (χ0v) is 13.2. The van der Waals surface area contributed by atoms with Gasteiger partial charge in [0, 0.05) is 19.3 Å². The molecular weight excluding hydrogens is 284 g/mol. The molecule has 2 rings (SSSR count). The minimum atomic E-state index is -0.924. The molecule has 1 fully saturated rings. The maximum Gasteiger partial charge on any atom is 0.306 e. The Balaban J connectivity index is 2.06. The predicted octanol–water partition coefficient (Wildman–Crippen LogP) is 1.69. The Morgan fingerprint density at radius 2 is 2.14 bits per heavy atom. The van der Waals surface area contributed by atoms with Gasteiger partial charge < -0.3 is 14.7 Å². The van der Waals surface area contributed by atoms with Crippen LogP contribution in [0.15, 0.2) is 18.3 Å². The minimum Gasteiger partial charge on any atom is -0.481 e. The number of carboxylic acids is 1. The lowest BCUT2D eigenvalue weighted by Crippen LogP contribution is -2.46. The van der Waals surface area contributed by atoms with Gasteiger partial charge in [0.1, 0.15) is 5.69 Å². The van der Waals surface area contributed by atoms with Gasteiger partial charge >= 0.3 is 5.97 Å². The number of carboxylic acid groups (broad SMARTS) is 1.